The third-order valence-electron chi connectivity index (χ3n) is 2.83. The van der Waals surface area contributed by atoms with Gasteiger partial charge in [0.05, 0.1) is 7.11 Å². The van der Waals surface area contributed by atoms with E-state index in [1.165, 1.54) is 16.0 Å². The van der Waals surface area contributed by atoms with Crippen LogP contribution < -0.4 is 10.5 Å². The Kier molecular flexibility index (Phi) is 3.82. The maximum Gasteiger partial charge on any atom is 0.119 e. The van der Waals surface area contributed by atoms with Crippen molar-refractivity contribution in [1.29, 1.82) is 0 Å². The van der Waals surface area contributed by atoms with Gasteiger partial charge in [-0.2, -0.15) is 0 Å². The second kappa shape index (κ2) is 5.34. The van der Waals surface area contributed by atoms with E-state index in [1.54, 1.807) is 18.4 Å². The minimum Gasteiger partial charge on any atom is -0.497 e. The predicted octanol–water partition coefficient (Wildman–Crippen LogP) is 3.31. The van der Waals surface area contributed by atoms with Crippen molar-refractivity contribution in [3.63, 3.8) is 0 Å². The number of aryl methyl sites for hydroxylation is 1. The normalized spacial score (nSPS) is 12.4. The molecule has 0 amide bonds. The molecule has 0 bridgehead atoms. The molecule has 1 atom stereocenters. The molecule has 0 aliphatic carbocycles. The summed E-state index contributed by atoms with van der Waals surface area (Å²) in [5.74, 6) is 0.887. The van der Waals surface area contributed by atoms with Gasteiger partial charge in [-0.1, -0.05) is 12.1 Å². The Morgan fingerprint density at radius 3 is 2.82 bits per heavy atom. The Bertz CT molecular complexity index is 492. The molecule has 0 saturated carbocycles. The van der Waals surface area contributed by atoms with E-state index in [0.29, 0.717) is 0 Å². The zero-order valence-corrected chi connectivity index (χ0v) is 11.0. The number of methoxy groups -OCH3 is 1. The molecule has 0 saturated heterocycles. The quantitative estimate of drug-likeness (QED) is 0.899. The van der Waals surface area contributed by atoms with Crippen LogP contribution in [-0.2, 0) is 6.42 Å². The fourth-order valence-corrected chi connectivity index (χ4v) is 2.84. The van der Waals surface area contributed by atoms with Crippen molar-refractivity contribution in [3.8, 4) is 5.75 Å². The molecule has 1 heterocycles. The summed E-state index contributed by atoms with van der Waals surface area (Å²) in [6.07, 6.45) is 0.846. The van der Waals surface area contributed by atoms with Gasteiger partial charge in [0.1, 0.15) is 5.75 Å². The highest BCUT2D eigenvalue weighted by molar-refractivity contribution is 7.10. The van der Waals surface area contributed by atoms with Gasteiger partial charge >= 0.3 is 0 Å². The molecule has 2 nitrogen and oxygen atoms in total. The summed E-state index contributed by atoms with van der Waals surface area (Å²) in [4.78, 5) is 1.27. The fourth-order valence-electron chi connectivity index (χ4n) is 1.91. The number of benzene rings is 1. The van der Waals surface area contributed by atoms with Gasteiger partial charge in [-0.05, 0) is 48.1 Å². The summed E-state index contributed by atoms with van der Waals surface area (Å²) in [7, 11) is 1.68. The highest BCUT2D eigenvalue weighted by atomic mass is 32.1. The van der Waals surface area contributed by atoms with Crippen molar-refractivity contribution in [1.82, 2.24) is 0 Å². The second-order valence-corrected chi connectivity index (χ2v) is 5.08. The molecule has 90 valence electrons. The molecule has 0 fully saturated rings. The van der Waals surface area contributed by atoms with Crippen LogP contribution in [-0.4, -0.2) is 7.11 Å². The molecule has 0 spiro atoms. The third kappa shape index (κ3) is 2.87. The fraction of sp³-hybridized carbons (Fsp3) is 0.286. The number of hydrogen-bond acceptors (Lipinski definition) is 3. The van der Waals surface area contributed by atoms with Crippen molar-refractivity contribution in [3.05, 3.63) is 51.7 Å². The second-order valence-electron chi connectivity index (χ2n) is 4.13. The van der Waals surface area contributed by atoms with Gasteiger partial charge in [0.2, 0.25) is 0 Å². The van der Waals surface area contributed by atoms with Crippen molar-refractivity contribution in [2.24, 2.45) is 5.73 Å². The minimum atomic E-state index is 0.0714. The number of ether oxygens (including phenoxy) is 1. The summed E-state index contributed by atoms with van der Waals surface area (Å²) < 4.78 is 5.21. The van der Waals surface area contributed by atoms with E-state index in [-0.39, 0.29) is 6.04 Å². The van der Waals surface area contributed by atoms with E-state index >= 15 is 0 Å². The smallest absolute Gasteiger partial charge is 0.119 e. The van der Waals surface area contributed by atoms with Gasteiger partial charge in [-0.15, -0.1) is 11.3 Å². The molecule has 1 aromatic carbocycles. The van der Waals surface area contributed by atoms with E-state index < -0.39 is 0 Å². The van der Waals surface area contributed by atoms with Crippen LogP contribution in [0, 0.1) is 6.92 Å². The molecule has 0 radical (unpaired) electrons. The average molecular weight is 247 g/mol. The molecule has 0 aliphatic rings. The Labute approximate surface area is 106 Å². The number of rotatable bonds is 4. The van der Waals surface area contributed by atoms with E-state index in [9.17, 15) is 0 Å². The Morgan fingerprint density at radius 1 is 1.35 bits per heavy atom. The maximum absolute atomic E-state index is 6.23. The zero-order chi connectivity index (χ0) is 12.3. The van der Waals surface area contributed by atoms with E-state index in [1.807, 2.05) is 18.2 Å². The molecule has 3 heteroatoms. The van der Waals surface area contributed by atoms with E-state index in [0.717, 1.165) is 12.2 Å². The third-order valence-corrected chi connectivity index (χ3v) is 3.98. The number of hydrogen-bond donors (Lipinski definition) is 1. The molecular formula is C14H17NOS. The maximum atomic E-state index is 6.23. The molecule has 2 rings (SSSR count). The lowest BCUT2D eigenvalue weighted by atomic mass is 10.0. The molecule has 1 unspecified atom stereocenters. The zero-order valence-electron chi connectivity index (χ0n) is 10.1. The largest absolute Gasteiger partial charge is 0.497 e. The standard InChI is InChI=1S/C14H17NOS/c1-10-6-7-17-14(10)13(15)9-11-4-3-5-12(8-11)16-2/h3-8,13H,9,15H2,1-2H3. The monoisotopic (exact) mass is 247 g/mol. The number of nitrogens with two attached hydrogens (primary N) is 1. The van der Waals surface area contributed by atoms with Crippen LogP contribution in [0.1, 0.15) is 22.0 Å². The Hall–Kier alpha value is -1.32. The van der Waals surface area contributed by atoms with Gasteiger partial charge < -0.3 is 10.5 Å². The first-order valence-corrected chi connectivity index (χ1v) is 6.51. The Morgan fingerprint density at radius 2 is 2.18 bits per heavy atom. The average Bonchev–Trinajstić information content (AvgIpc) is 2.76. The lowest BCUT2D eigenvalue weighted by Gasteiger charge is -2.12. The lowest BCUT2D eigenvalue weighted by Crippen LogP contribution is -2.12. The SMILES string of the molecule is COc1cccc(CC(N)c2sccc2C)c1. The first-order chi connectivity index (χ1) is 8.20. The lowest BCUT2D eigenvalue weighted by molar-refractivity contribution is 0.414. The predicted molar refractivity (Wildman–Crippen MR) is 72.7 cm³/mol. The topological polar surface area (TPSA) is 35.2 Å². The van der Waals surface area contributed by atoms with Crippen LogP contribution >= 0.6 is 11.3 Å². The van der Waals surface area contributed by atoms with Crippen LogP contribution in [0.3, 0.4) is 0 Å². The number of thiophene rings is 1. The summed E-state index contributed by atoms with van der Waals surface area (Å²) in [6, 6.07) is 10.3. The summed E-state index contributed by atoms with van der Waals surface area (Å²) in [5.41, 5.74) is 8.73. The summed E-state index contributed by atoms with van der Waals surface area (Å²) in [6.45, 7) is 2.11. The molecule has 0 aliphatic heterocycles. The van der Waals surface area contributed by atoms with E-state index in [2.05, 4.69) is 24.4 Å². The highest BCUT2D eigenvalue weighted by Crippen LogP contribution is 2.25. The van der Waals surface area contributed by atoms with Crippen molar-refractivity contribution < 1.29 is 4.74 Å². The minimum absolute atomic E-state index is 0.0714. The van der Waals surface area contributed by atoms with Gasteiger partial charge in [-0.3, -0.25) is 0 Å². The van der Waals surface area contributed by atoms with Crippen molar-refractivity contribution in [2.45, 2.75) is 19.4 Å². The van der Waals surface area contributed by atoms with Crippen LogP contribution in [0.4, 0.5) is 0 Å². The molecule has 2 N–H and O–H groups in total. The van der Waals surface area contributed by atoms with Gasteiger partial charge in [-0.25, -0.2) is 0 Å². The van der Waals surface area contributed by atoms with Crippen LogP contribution in [0.25, 0.3) is 0 Å². The summed E-state index contributed by atoms with van der Waals surface area (Å²) >= 11 is 1.73. The molecule has 17 heavy (non-hydrogen) atoms. The highest BCUT2D eigenvalue weighted by Gasteiger charge is 2.11. The molecular weight excluding hydrogens is 230 g/mol. The van der Waals surface area contributed by atoms with Crippen molar-refractivity contribution in [2.75, 3.05) is 7.11 Å². The van der Waals surface area contributed by atoms with Gasteiger partial charge in [0.25, 0.3) is 0 Å². The van der Waals surface area contributed by atoms with Crippen LogP contribution in [0.5, 0.6) is 5.75 Å². The van der Waals surface area contributed by atoms with Crippen LogP contribution in [0.2, 0.25) is 0 Å². The van der Waals surface area contributed by atoms with E-state index in [4.69, 9.17) is 10.5 Å². The van der Waals surface area contributed by atoms with Crippen LogP contribution in [0.15, 0.2) is 35.7 Å². The molecule has 2 aromatic rings. The first kappa shape index (κ1) is 12.1. The van der Waals surface area contributed by atoms with Gasteiger partial charge in [0, 0.05) is 10.9 Å². The van der Waals surface area contributed by atoms with Crippen molar-refractivity contribution >= 4 is 11.3 Å². The van der Waals surface area contributed by atoms with Gasteiger partial charge in [0.15, 0.2) is 0 Å². The summed E-state index contributed by atoms with van der Waals surface area (Å²) in [5, 5.41) is 2.09. The molecule has 1 aromatic heterocycles. The first-order valence-electron chi connectivity index (χ1n) is 5.63. The Balaban J connectivity index is 2.13.